The molecule has 1 fully saturated rings. The van der Waals surface area contributed by atoms with Crippen molar-refractivity contribution in [3.63, 3.8) is 0 Å². The molecule has 5 aromatic rings. The van der Waals surface area contributed by atoms with Gasteiger partial charge >= 0.3 is 6.01 Å². The van der Waals surface area contributed by atoms with Crippen LogP contribution in [0.25, 0.3) is 21.8 Å². The maximum absolute atomic E-state index is 14.7. The Morgan fingerprint density at radius 2 is 2.00 bits per heavy atom. The van der Waals surface area contributed by atoms with Gasteiger partial charge < -0.3 is 24.7 Å². The van der Waals surface area contributed by atoms with E-state index in [2.05, 4.69) is 39.5 Å². The van der Waals surface area contributed by atoms with E-state index >= 15 is 0 Å². The van der Waals surface area contributed by atoms with Gasteiger partial charge in [-0.2, -0.15) is 10.1 Å². The van der Waals surface area contributed by atoms with Crippen molar-refractivity contribution in [1.82, 2.24) is 25.1 Å². The second kappa shape index (κ2) is 10.2. The molecule has 0 saturated carbocycles. The number of amides is 1. The molecule has 1 saturated heterocycles. The first-order chi connectivity index (χ1) is 19.2. The number of carbonyl (C=O) groups excluding carboxylic acids is 1. The molecular formula is C29H30FN7O3. The first-order valence-corrected chi connectivity index (χ1v) is 13.2. The number of carbonyl (C=O) groups is 1. The molecule has 0 aliphatic carbocycles. The molecule has 0 bridgehead atoms. The van der Waals surface area contributed by atoms with Crippen LogP contribution in [0.15, 0.2) is 59.7 Å². The molecule has 1 amide bonds. The third kappa shape index (κ3) is 4.95. The van der Waals surface area contributed by atoms with E-state index in [1.54, 1.807) is 44.1 Å². The summed E-state index contributed by atoms with van der Waals surface area (Å²) in [4.78, 5) is 25.1. The third-order valence-electron chi connectivity index (χ3n) is 7.08. The van der Waals surface area contributed by atoms with Crippen molar-refractivity contribution in [2.75, 3.05) is 23.3 Å². The minimum Gasteiger partial charge on any atom is -0.472 e. The third-order valence-corrected chi connectivity index (χ3v) is 7.08. The molecule has 10 nitrogen and oxygen atoms in total. The van der Waals surface area contributed by atoms with Crippen LogP contribution in [0, 0.1) is 5.82 Å². The number of furan rings is 1. The second-order valence-electron chi connectivity index (χ2n) is 10.4. The quantitative estimate of drug-likeness (QED) is 0.314. The van der Waals surface area contributed by atoms with E-state index in [0.717, 1.165) is 29.7 Å². The molecule has 0 radical (unpaired) electrons. The number of anilines is 2. The van der Waals surface area contributed by atoms with Gasteiger partial charge in [-0.25, -0.2) is 9.37 Å². The summed E-state index contributed by atoms with van der Waals surface area (Å²) in [5.41, 5.74) is 3.11. The Kier molecular flexibility index (Phi) is 6.59. The van der Waals surface area contributed by atoms with Gasteiger partial charge in [0.05, 0.1) is 23.6 Å². The summed E-state index contributed by atoms with van der Waals surface area (Å²) in [5.74, 6) is -0.935. The van der Waals surface area contributed by atoms with Gasteiger partial charge in [0.15, 0.2) is 5.82 Å². The standard InChI is InChI=1S/C29H30FN7O3/c1-16-12-37(13-17(2)32-16)25-6-5-22(28(38)33-21-9-20-14-36(4)35-26(20)24(30)10-21)27-23(25)11-31-29(34-27)40-18(3)19-7-8-39-15-19/h5-11,14-18,32H,12-13H2,1-4H3,(H,33,38)/t16-,17-,18-/m1/s1. The van der Waals surface area contributed by atoms with E-state index in [9.17, 15) is 9.18 Å². The number of nitrogens with one attached hydrogen (secondary N) is 2. The summed E-state index contributed by atoms with van der Waals surface area (Å²) < 4.78 is 27.4. The van der Waals surface area contributed by atoms with Crippen molar-refractivity contribution in [1.29, 1.82) is 0 Å². The zero-order valence-electron chi connectivity index (χ0n) is 22.7. The lowest BCUT2D eigenvalue weighted by molar-refractivity contribution is 0.102. The summed E-state index contributed by atoms with van der Waals surface area (Å²) in [5, 5.41) is 11.8. The Bertz CT molecular complexity index is 1690. The van der Waals surface area contributed by atoms with E-state index in [4.69, 9.17) is 14.1 Å². The molecule has 206 valence electrons. The highest BCUT2D eigenvalue weighted by Gasteiger charge is 2.25. The molecule has 2 aromatic carbocycles. The Morgan fingerprint density at radius 3 is 2.75 bits per heavy atom. The number of aromatic nitrogens is 4. The van der Waals surface area contributed by atoms with Crippen LogP contribution in [0.1, 0.15) is 42.8 Å². The minimum absolute atomic E-state index is 0.136. The van der Waals surface area contributed by atoms with E-state index < -0.39 is 11.7 Å². The van der Waals surface area contributed by atoms with Gasteiger partial charge in [-0.1, -0.05) is 0 Å². The normalized spacial score (nSPS) is 18.3. The molecule has 4 heterocycles. The Balaban J connectivity index is 1.39. The molecule has 3 atom stereocenters. The van der Waals surface area contributed by atoms with Crippen LogP contribution in [0.2, 0.25) is 0 Å². The second-order valence-corrected chi connectivity index (χ2v) is 10.4. The molecule has 3 aromatic heterocycles. The maximum atomic E-state index is 14.7. The van der Waals surface area contributed by atoms with Crippen LogP contribution in [-0.2, 0) is 7.05 Å². The molecule has 40 heavy (non-hydrogen) atoms. The highest BCUT2D eigenvalue weighted by atomic mass is 19.1. The molecule has 0 unspecified atom stereocenters. The van der Waals surface area contributed by atoms with Crippen LogP contribution in [0.5, 0.6) is 6.01 Å². The predicted molar refractivity (Wildman–Crippen MR) is 150 cm³/mol. The lowest BCUT2D eigenvalue weighted by atomic mass is 10.0. The molecule has 6 rings (SSSR count). The maximum Gasteiger partial charge on any atom is 0.317 e. The summed E-state index contributed by atoms with van der Waals surface area (Å²) in [6.45, 7) is 7.75. The average Bonchev–Trinajstić information content (AvgIpc) is 3.57. The van der Waals surface area contributed by atoms with Crippen molar-refractivity contribution in [2.45, 2.75) is 39.0 Å². The fourth-order valence-electron chi connectivity index (χ4n) is 5.34. The largest absolute Gasteiger partial charge is 0.472 e. The van der Waals surface area contributed by atoms with Gasteiger partial charge in [0.1, 0.15) is 11.6 Å². The number of fused-ring (bicyclic) bond motifs is 2. The van der Waals surface area contributed by atoms with Crippen LogP contribution in [-0.4, -0.2) is 50.8 Å². The van der Waals surface area contributed by atoms with Gasteiger partial charge in [0, 0.05) is 72.3 Å². The molecular weight excluding hydrogens is 513 g/mol. The summed E-state index contributed by atoms with van der Waals surface area (Å²) in [6.07, 6.45) is 6.22. The zero-order valence-corrected chi connectivity index (χ0v) is 22.7. The monoisotopic (exact) mass is 543 g/mol. The van der Waals surface area contributed by atoms with Crippen LogP contribution in [0.3, 0.4) is 0 Å². The zero-order chi connectivity index (χ0) is 28.0. The number of halogens is 1. The number of ether oxygens (including phenoxy) is 1. The lowest BCUT2D eigenvalue weighted by Gasteiger charge is -2.38. The molecule has 2 N–H and O–H groups in total. The predicted octanol–water partition coefficient (Wildman–Crippen LogP) is 4.83. The van der Waals surface area contributed by atoms with Crippen molar-refractivity contribution in [2.24, 2.45) is 7.05 Å². The summed E-state index contributed by atoms with van der Waals surface area (Å²) >= 11 is 0. The van der Waals surface area contributed by atoms with Gasteiger partial charge in [0.2, 0.25) is 0 Å². The molecule has 11 heteroatoms. The average molecular weight is 544 g/mol. The van der Waals surface area contributed by atoms with Crippen LogP contribution in [0.4, 0.5) is 15.8 Å². The van der Waals surface area contributed by atoms with E-state index in [0.29, 0.717) is 34.2 Å². The SMILES string of the molecule is C[C@@H]1CN(c2ccc(C(=O)Nc3cc(F)c4nn(C)cc4c3)c3nc(O[C@H](C)c4ccoc4)ncc23)C[C@@H](C)N1. The van der Waals surface area contributed by atoms with Crippen molar-refractivity contribution in [3.05, 3.63) is 72.2 Å². The van der Waals surface area contributed by atoms with Crippen molar-refractivity contribution < 1.29 is 18.3 Å². The fraction of sp³-hybridized carbons (Fsp3) is 0.310. The van der Waals surface area contributed by atoms with Gasteiger partial charge in [-0.05, 0) is 51.1 Å². The van der Waals surface area contributed by atoms with Crippen molar-refractivity contribution in [3.8, 4) is 6.01 Å². The number of benzene rings is 2. The molecule has 1 aliphatic rings. The number of hydrogen-bond donors (Lipinski definition) is 2. The van der Waals surface area contributed by atoms with Gasteiger partial charge in [-0.3, -0.25) is 9.48 Å². The number of piperazine rings is 1. The van der Waals surface area contributed by atoms with Gasteiger partial charge in [0.25, 0.3) is 5.91 Å². The number of nitrogens with zero attached hydrogens (tertiary/aromatic N) is 5. The highest BCUT2D eigenvalue weighted by Crippen LogP contribution is 2.32. The molecule has 1 aliphatic heterocycles. The van der Waals surface area contributed by atoms with Crippen molar-refractivity contribution >= 4 is 39.1 Å². The van der Waals surface area contributed by atoms with E-state index in [1.165, 1.54) is 10.7 Å². The van der Waals surface area contributed by atoms with E-state index in [1.807, 2.05) is 19.1 Å². The Labute approximate surface area is 230 Å². The summed E-state index contributed by atoms with van der Waals surface area (Å²) in [6, 6.07) is 9.16. The molecule has 0 spiro atoms. The summed E-state index contributed by atoms with van der Waals surface area (Å²) in [7, 11) is 1.72. The number of hydrogen-bond acceptors (Lipinski definition) is 8. The van der Waals surface area contributed by atoms with Crippen LogP contribution < -0.4 is 20.3 Å². The number of aryl methyl sites for hydroxylation is 1. The van der Waals surface area contributed by atoms with Crippen LogP contribution >= 0.6 is 0 Å². The smallest absolute Gasteiger partial charge is 0.317 e. The Hall–Kier alpha value is -4.51. The first-order valence-electron chi connectivity index (χ1n) is 13.2. The lowest BCUT2D eigenvalue weighted by Crippen LogP contribution is -2.54. The van der Waals surface area contributed by atoms with E-state index in [-0.39, 0.29) is 17.6 Å². The fourth-order valence-corrected chi connectivity index (χ4v) is 5.34. The highest BCUT2D eigenvalue weighted by molar-refractivity contribution is 6.14. The number of rotatable bonds is 6. The minimum atomic E-state index is -0.512. The topological polar surface area (TPSA) is 110 Å². The Morgan fingerprint density at radius 1 is 1.20 bits per heavy atom. The van der Waals surface area contributed by atoms with Gasteiger partial charge in [-0.15, -0.1) is 0 Å². The first kappa shape index (κ1) is 25.8.